The normalized spacial score (nSPS) is 8.14. The molecule has 0 aliphatic heterocycles. The summed E-state index contributed by atoms with van der Waals surface area (Å²) >= 11 is 4.13. The van der Waals surface area contributed by atoms with Crippen molar-refractivity contribution in [1.82, 2.24) is 0 Å². The smallest absolute Gasteiger partial charge is 0.183 e. The van der Waals surface area contributed by atoms with E-state index in [-0.39, 0.29) is 13.0 Å². The van der Waals surface area contributed by atoms with E-state index < -0.39 is 5.97 Å². The van der Waals surface area contributed by atoms with E-state index in [0.29, 0.717) is 0 Å². The first-order chi connectivity index (χ1) is 3.27. The van der Waals surface area contributed by atoms with Crippen molar-refractivity contribution < 1.29 is 4.39 Å². The standard InChI is InChI=1S/C3H5FN2S/c4-3(5)1-2-6-7/h5H,1-2H2. The summed E-state index contributed by atoms with van der Waals surface area (Å²) in [5.74, 6) is -0.853. The van der Waals surface area contributed by atoms with E-state index in [4.69, 9.17) is 5.41 Å². The third-order valence-electron chi connectivity index (χ3n) is 0.423. The zero-order valence-corrected chi connectivity index (χ0v) is 4.46. The van der Waals surface area contributed by atoms with E-state index in [2.05, 4.69) is 16.8 Å². The van der Waals surface area contributed by atoms with E-state index in [1.165, 1.54) is 0 Å². The molecule has 0 saturated heterocycles. The van der Waals surface area contributed by atoms with Crippen LogP contribution in [0.5, 0.6) is 0 Å². The van der Waals surface area contributed by atoms with Crippen LogP contribution in [0.3, 0.4) is 0 Å². The topological polar surface area (TPSA) is 36.2 Å². The van der Waals surface area contributed by atoms with Crippen LogP contribution in [-0.4, -0.2) is 12.5 Å². The van der Waals surface area contributed by atoms with Gasteiger partial charge in [-0.1, -0.05) is 0 Å². The Hall–Kier alpha value is -0.380. The predicted octanol–water partition coefficient (Wildman–Crippen LogP) is 1.05. The first kappa shape index (κ1) is 6.62. The molecule has 0 spiro atoms. The Balaban J connectivity index is 2.97. The van der Waals surface area contributed by atoms with Crippen LogP contribution < -0.4 is 0 Å². The molecule has 0 bridgehead atoms. The molecule has 0 aliphatic rings. The molecule has 40 valence electrons. The maximum absolute atomic E-state index is 11.4. The molecule has 7 heavy (non-hydrogen) atoms. The monoisotopic (exact) mass is 120 g/mol. The van der Waals surface area contributed by atoms with Crippen molar-refractivity contribution in [3.8, 4) is 0 Å². The number of hydrogen-bond acceptors (Lipinski definition) is 3. The Morgan fingerprint density at radius 3 is 2.57 bits per heavy atom. The van der Waals surface area contributed by atoms with Crippen LogP contribution in [0.4, 0.5) is 4.39 Å². The maximum Gasteiger partial charge on any atom is 0.183 e. The van der Waals surface area contributed by atoms with Gasteiger partial charge in [0.05, 0.1) is 6.54 Å². The average molecular weight is 120 g/mol. The van der Waals surface area contributed by atoms with E-state index in [0.717, 1.165) is 0 Å². The Morgan fingerprint density at radius 1 is 1.86 bits per heavy atom. The fourth-order valence-electron chi connectivity index (χ4n) is 0.144. The lowest BCUT2D eigenvalue weighted by Crippen LogP contribution is -1.87. The van der Waals surface area contributed by atoms with Gasteiger partial charge in [0.1, 0.15) is 0 Å². The van der Waals surface area contributed by atoms with Crippen molar-refractivity contribution in [3.63, 3.8) is 0 Å². The quantitative estimate of drug-likeness (QED) is 0.555. The fraction of sp³-hybridized carbons (Fsp3) is 0.667. The second kappa shape index (κ2) is 3.80. The molecule has 0 fully saturated rings. The van der Waals surface area contributed by atoms with Gasteiger partial charge in [0.15, 0.2) is 5.97 Å². The van der Waals surface area contributed by atoms with Gasteiger partial charge >= 0.3 is 0 Å². The molecule has 0 amide bonds. The predicted molar refractivity (Wildman–Crippen MR) is 28.1 cm³/mol. The first-order valence-electron chi connectivity index (χ1n) is 1.79. The van der Waals surface area contributed by atoms with Crippen LogP contribution in [-0.2, 0) is 12.4 Å². The Kier molecular flexibility index (Phi) is 3.59. The minimum absolute atomic E-state index is 0.0451. The third kappa shape index (κ3) is 5.62. The van der Waals surface area contributed by atoms with Crippen LogP contribution in [0.25, 0.3) is 0 Å². The molecular weight excluding hydrogens is 115 g/mol. The number of nitrogens with zero attached hydrogens (tertiary/aromatic N) is 1. The average Bonchev–Trinajstić information content (AvgIpc) is 1.61. The Morgan fingerprint density at radius 2 is 2.43 bits per heavy atom. The minimum Gasteiger partial charge on any atom is -0.278 e. The molecule has 2 nitrogen and oxygen atoms in total. The lowest BCUT2D eigenvalue weighted by Gasteiger charge is -1.81. The van der Waals surface area contributed by atoms with Crippen molar-refractivity contribution in [2.75, 3.05) is 6.54 Å². The summed E-state index contributed by atoms with van der Waals surface area (Å²) in [6.07, 6.45) is 0.0451. The van der Waals surface area contributed by atoms with Gasteiger partial charge in [-0.25, -0.2) is 4.36 Å². The van der Waals surface area contributed by atoms with Crippen LogP contribution in [0.15, 0.2) is 4.36 Å². The Labute approximate surface area is 46.4 Å². The van der Waals surface area contributed by atoms with E-state index in [1.54, 1.807) is 0 Å². The molecule has 0 atom stereocenters. The number of halogens is 1. The summed E-state index contributed by atoms with van der Waals surface area (Å²) in [5, 5.41) is 6.22. The molecule has 1 N–H and O–H groups in total. The molecule has 0 aromatic rings. The summed E-state index contributed by atoms with van der Waals surface area (Å²) in [4.78, 5) is 0. The summed E-state index contributed by atoms with van der Waals surface area (Å²) in [6.45, 7) is 0.241. The molecule has 0 heterocycles. The van der Waals surface area contributed by atoms with Gasteiger partial charge in [-0.3, -0.25) is 5.41 Å². The van der Waals surface area contributed by atoms with Crippen LogP contribution in [0, 0.1) is 5.41 Å². The van der Waals surface area contributed by atoms with Gasteiger partial charge in [0, 0.05) is 18.8 Å². The van der Waals surface area contributed by atoms with E-state index in [1.807, 2.05) is 0 Å². The molecule has 0 saturated carbocycles. The van der Waals surface area contributed by atoms with Crippen LogP contribution >= 0.6 is 0 Å². The molecule has 0 aromatic carbocycles. The molecule has 0 unspecified atom stereocenters. The van der Waals surface area contributed by atoms with Crippen LogP contribution in [0.2, 0.25) is 0 Å². The van der Waals surface area contributed by atoms with Gasteiger partial charge in [-0.2, -0.15) is 4.39 Å². The number of hydrogen-bond donors (Lipinski definition) is 1. The highest BCUT2D eigenvalue weighted by Gasteiger charge is 1.87. The molecule has 4 heteroatoms. The van der Waals surface area contributed by atoms with Crippen molar-refractivity contribution in [3.05, 3.63) is 0 Å². The van der Waals surface area contributed by atoms with Gasteiger partial charge in [-0.05, 0) is 0 Å². The first-order valence-corrected chi connectivity index (χ1v) is 2.16. The second-order valence-corrected chi connectivity index (χ2v) is 1.27. The SMILES string of the molecule is N=C(F)CCN=S. The molecule has 0 rings (SSSR count). The highest BCUT2D eigenvalue weighted by atomic mass is 32.1. The van der Waals surface area contributed by atoms with Crippen molar-refractivity contribution >= 4 is 18.4 Å². The van der Waals surface area contributed by atoms with Gasteiger partial charge in [0.2, 0.25) is 0 Å². The molecule has 0 radical (unpaired) electrons. The van der Waals surface area contributed by atoms with Crippen molar-refractivity contribution in [1.29, 1.82) is 5.41 Å². The zero-order valence-electron chi connectivity index (χ0n) is 3.65. The molecule has 0 aliphatic carbocycles. The van der Waals surface area contributed by atoms with Gasteiger partial charge < -0.3 is 0 Å². The summed E-state index contributed by atoms with van der Waals surface area (Å²) in [6, 6.07) is 0. The van der Waals surface area contributed by atoms with Crippen molar-refractivity contribution in [2.45, 2.75) is 6.42 Å². The Bertz CT molecular complexity index is 83.0. The largest absolute Gasteiger partial charge is 0.278 e. The third-order valence-corrected chi connectivity index (χ3v) is 0.605. The highest BCUT2D eigenvalue weighted by molar-refractivity contribution is 7.47. The van der Waals surface area contributed by atoms with Crippen LogP contribution in [0.1, 0.15) is 6.42 Å². The number of rotatable bonds is 3. The lowest BCUT2D eigenvalue weighted by atomic mass is 10.5. The number of nitrogens with one attached hydrogen (secondary N) is 1. The van der Waals surface area contributed by atoms with E-state index >= 15 is 0 Å². The molecular formula is C3H5FN2S. The second-order valence-electron chi connectivity index (χ2n) is 1.01. The van der Waals surface area contributed by atoms with Crippen molar-refractivity contribution in [2.24, 2.45) is 4.36 Å². The van der Waals surface area contributed by atoms with Gasteiger partial charge in [-0.15, -0.1) is 0 Å². The minimum atomic E-state index is -0.853. The lowest BCUT2D eigenvalue weighted by molar-refractivity contribution is 0.750. The zero-order chi connectivity index (χ0) is 5.70. The summed E-state index contributed by atoms with van der Waals surface area (Å²) < 4.78 is 14.5. The maximum atomic E-state index is 11.4. The van der Waals surface area contributed by atoms with E-state index in [9.17, 15) is 4.39 Å². The highest BCUT2D eigenvalue weighted by Crippen LogP contribution is 1.83. The summed E-state index contributed by atoms with van der Waals surface area (Å²) in [7, 11) is 0. The molecule has 0 aromatic heterocycles. The van der Waals surface area contributed by atoms with Gasteiger partial charge in [0.25, 0.3) is 0 Å². The summed E-state index contributed by atoms with van der Waals surface area (Å²) in [5.41, 5.74) is 0. The fourth-order valence-corrected chi connectivity index (χ4v) is 0.235.